The molecule has 0 amide bonds. The van der Waals surface area contributed by atoms with Gasteiger partial charge in [-0.15, -0.1) is 0 Å². The van der Waals surface area contributed by atoms with Gasteiger partial charge in [-0.1, -0.05) is 30.4 Å². The first-order chi connectivity index (χ1) is 8.42. The van der Waals surface area contributed by atoms with E-state index in [1.807, 2.05) is 0 Å². The highest BCUT2D eigenvalue weighted by atomic mass is 16.5. The summed E-state index contributed by atoms with van der Waals surface area (Å²) in [6.45, 7) is 0.694. The first kappa shape index (κ1) is 10.6. The Hall–Kier alpha value is -1.50. The van der Waals surface area contributed by atoms with Gasteiger partial charge >= 0.3 is 0 Å². The Morgan fingerprint density at radius 2 is 1.88 bits per heavy atom. The van der Waals surface area contributed by atoms with Crippen LogP contribution in [-0.4, -0.2) is 6.61 Å². The summed E-state index contributed by atoms with van der Waals surface area (Å²) in [4.78, 5) is 0. The van der Waals surface area contributed by atoms with Gasteiger partial charge in [-0.05, 0) is 54.9 Å². The lowest BCUT2D eigenvalue weighted by molar-refractivity contribution is 0.354. The van der Waals surface area contributed by atoms with E-state index in [-0.39, 0.29) is 0 Å². The zero-order valence-electron chi connectivity index (χ0n) is 10.1. The molecule has 1 aromatic carbocycles. The standard InChI is InChI=1S/C16H18O/c1-2-4-13(5-3-1)12-17-16-10-8-15(9-11-16)14-6-7-14/h2,4-5,8-11,14H,1,3,6-7,12H2. The lowest BCUT2D eigenvalue weighted by atomic mass is 10.1. The Bertz CT molecular complexity index is 435. The van der Waals surface area contributed by atoms with Gasteiger partial charge in [-0.3, -0.25) is 0 Å². The van der Waals surface area contributed by atoms with Crippen LogP contribution in [0.4, 0.5) is 0 Å². The van der Waals surface area contributed by atoms with Gasteiger partial charge in [0.05, 0.1) is 0 Å². The van der Waals surface area contributed by atoms with Crippen molar-refractivity contribution in [3.8, 4) is 5.75 Å². The summed E-state index contributed by atoms with van der Waals surface area (Å²) < 4.78 is 5.78. The largest absolute Gasteiger partial charge is 0.489 e. The first-order valence-electron chi connectivity index (χ1n) is 6.50. The molecule has 3 rings (SSSR count). The number of hydrogen-bond donors (Lipinski definition) is 0. The summed E-state index contributed by atoms with van der Waals surface area (Å²) in [6.07, 6.45) is 11.7. The van der Waals surface area contributed by atoms with E-state index in [0.29, 0.717) is 6.61 Å². The van der Waals surface area contributed by atoms with Crippen LogP contribution < -0.4 is 4.74 Å². The van der Waals surface area contributed by atoms with Crippen LogP contribution in [0.3, 0.4) is 0 Å². The summed E-state index contributed by atoms with van der Waals surface area (Å²) in [6, 6.07) is 8.61. The van der Waals surface area contributed by atoms with Crippen LogP contribution in [-0.2, 0) is 0 Å². The molecule has 0 aliphatic heterocycles. The average Bonchev–Trinajstić information content (AvgIpc) is 3.23. The summed E-state index contributed by atoms with van der Waals surface area (Å²) >= 11 is 0. The van der Waals surface area contributed by atoms with Gasteiger partial charge in [0.15, 0.2) is 0 Å². The number of rotatable bonds is 4. The molecule has 0 radical (unpaired) electrons. The van der Waals surface area contributed by atoms with Crippen molar-refractivity contribution in [2.45, 2.75) is 31.6 Å². The SMILES string of the molecule is C1=CC(COc2ccc(C3CC3)cc2)=CCC1. The minimum Gasteiger partial charge on any atom is -0.489 e. The minimum absolute atomic E-state index is 0.694. The second kappa shape index (κ2) is 4.79. The van der Waals surface area contributed by atoms with Crippen LogP contribution >= 0.6 is 0 Å². The van der Waals surface area contributed by atoms with E-state index in [1.165, 1.54) is 30.4 Å². The normalized spacial score (nSPS) is 18.9. The van der Waals surface area contributed by atoms with Gasteiger partial charge in [-0.25, -0.2) is 0 Å². The summed E-state index contributed by atoms with van der Waals surface area (Å²) in [5.41, 5.74) is 2.76. The average molecular weight is 226 g/mol. The van der Waals surface area contributed by atoms with Crippen molar-refractivity contribution in [2.24, 2.45) is 0 Å². The molecule has 2 aliphatic rings. The molecule has 0 N–H and O–H groups in total. The predicted molar refractivity (Wildman–Crippen MR) is 70.4 cm³/mol. The van der Waals surface area contributed by atoms with Crippen molar-refractivity contribution in [2.75, 3.05) is 6.61 Å². The third-order valence-corrected chi connectivity index (χ3v) is 3.41. The number of allylic oxidation sites excluding steroid dienone is 2. The highest BCUT2D eigenvalue weighted by Crippen LogP contribution is 2.40. The second-order valence-corrected chi connectivity index (χ2v) is 4.89. The van der Waals surface area contributed by atoms with Gasteiger partial charge < -0.3 is 4.74 Å². The number of ether oxygens (including phenoxy) is 1. The fourth-order valence-corrected chi connectivity index (χ4v) is 2.19. The molecule has 0 heterocycles. The van der Waals surface area contributed by atoms with Gasteiger partial charge in [0.25, 0.3) is 0 Å². The van der Waals surface area contributed by atoms with E-state index in [9.17, 15) is 0 Å². The number of hydrogen-bond acceptors (Lipinski definition) is 1. The molecule has 0 bridgehead atoms. The van der Waals surface area contributed by atoms with Crippen LogP contribution in [0, 0.1) is 0 Å². The molecule has 1 heteroatoms. The molecule has 17 heavy (non-hydrogen) atoms. The quantitative estimate of drug-likeness (QED) is 0.747. The Morgan fingerprint density at radius 1 is 1.06 bits per heavy atom. The van der Waals surface area contributed by atoms with Gasteiger partial charge in [-0.2, -0.15) is 0 Å². The van der Waals surface area contributed by atoms with Crippen LogP contribution in [0.2, 0.25) is 0 Å². The predicted octanol–water partition coefficient (Wildman–Crippen LogP) is 4.22. The molecule has 2 aliphatic carbocycles. The van der Waals surface area contributed by atoms with Crippen molar-refractivity contribution in [3.05, 3.63) is 53.6 Å². The molecule has 0 atom stereocenters. The van der Waals surface area contributed by atoms with Crippen molar-refractivity contribution in [1.29, 1.82) is 0 Å². The molecule has 0 unspecified atom stereocenters. The van der Waals surface area contributed by atoms with Crippen molar-refractivity contribution in [3.63, 3.8) is 0 Å². The third-order valence-electron chi connectivity index (χ3n) is 3.41. The number of benzene rings is 1. The maximum Gasteiger partial charge on any atom is 0.119 e. The first-order valence-corrected chi connectivity index (χ1v) is 6.50. The molecule has 1 fully saturated rings. The summed E-state index contributed by atoms with van der Waals surface area (Å²) in [5.74, 6) is 1.81. The lowest BCUT2D eigenvalue weighted by Gasteiger charge is -2.09. The second-order valence-electron chi connectivity index (χ2n) is 4.89. The van der Waals surface area contributed by atoms with E-state index in [0.717, 1.165) is 18.1 Å². The van der Waals surface area contributed by atoms with Crippen LogP contribution in [0.15, 0.2) is 48.1 Å². The van der Waals surface area contributed by atoms with E-state index < -0.39 is 0 Å². The van der Waals surface area contributed by atoms with Crippen LogP contribution in [0.5, 0.6) is 5.75 Å². The van der Waals surface area contributed by atoms with Gasteiger partial charge in [0.2, 0.25) is 0 Å². The summed E-state index contributed by atoms with van der Waals surface area (Å²) in [5, 5.41) is 0. The van der Waals surface area contributed by atoms with Crippen molar-refractivity contribution < 1.29 is 4.74 Å². The minimum atomic E-state index is 0.694. The highest BCUT2D eigenvalue weighted by Gasteiger charge is 2.22. The fraction of sp³-hybridized carbons (Fsp3) is 0.375. The molecule has 1 nitrogen and oxygen atoms in total. The topological polar surface area (TPSA) is 9.23 Å². The maximum atomic E-state index is 5.78. The third kappa shape index (κ3) is 2.79. The van der Waals surface area contributed by atoms with E-state index in [2.05, 4.69) is 42.5 Å². The Morgan fingerprint density at radius 3 is 2.53 bits per heavy atom. The van der Waals surface area contributed by atoms with Gasteiger partial charge in [0.1, 0.15) is 12.4 Å². The summed E-state index contributed by atoms with van der Waals surface area (Å²) in [7, 11) is 0. The Labute approximate surface area is 103 Å². The Balaban J connectivity index is 1.57. The van der Waals surface area contributed by atoms with E-state index in [1.54, 1.807) is 0 Å². The van der Waals surface area contributed by atoms with E-state index >= 15 is 0 Å². The molecule has 88 valence electrons. The fourth-order valence-electron chi connectivity index (χ4n) is 2.19. The van der Waals surface area contributed by atoms with Crippen LogP contribution in [0.25, 0.3) is 0 Å². The van der Waals surface area contributed by atoms with E-state index in [4.69, 9.17) is 4.74 Å². The smallest absolute Gasteiger partial charge is 0.119 e. The van der Waals surface area contributed by atoms with Crippen molar-refractivity contribution in [1.82, 2.24) is 0 Å². The maximum absolute atomic E-state index is 5.78. The van der Waals surface area contributed by atoms with Crippen molar-refractivity contribution >= 4 is 0 Å². The molecular formula is C16H18O. The zero-order valence-corrected chi connectivity index (χ0v) is 10.1. The molecule has 1 saturated carbocycles. The lowest BCUT2D eigenvalue weighted by Crippen LogP contribution is -2.01. The van der Waals surface area contributed by atoms with Crippen LogP contribution in [0.1, 0.15) is 37.2 Å². The highest BCUT2D eigenvalue weighted by molar-refractivity contribution is 5.32. The molecule has 0 saturated heterocycles. The zero-order chi connectivity index (χ0) is 11.5. The Kier molecular flexibility index (Phi) is 3.00. The molecular weight excluding hydrogens is 208 g/mol. The van der Waals surface area contributed by atoms with Gasteiger partial charge in [0, 0.05) is 0 Å². The molecule has 1 aromatic rings. The monoisotopic (exact) mass is 226 g/mol. The molecule has 0 spiro atoms. The molecule has 0 aromatic heterocycles.